The van der Waals surface area contributed by atoms with Gasteiger partial charge in [0.2, 0.25) is 0 Å². The smallest absolute Gasteiger partial charge is 0.254 e. The van der Waals surface area contributed by atoms with Gasteiger partial charge in [0.15, 0.2) is 5.65 Å². The first kappa shape index (κ1) is 16.9. The van der Waals surface area contributed by atoms with E-state index in [2.05, 4.69) is 39.7 Å². The molecule has 0 radical (unpaired) electrons. The summed E-state index contributed by atoms with van der Waals surface area (Å²) in [5, 5.41) is 15.0. The highest BCUT2D eigenvalue weighted by molar-refractivity contribution is 6.07. The number of aryl methyl sites for hydroxylation is 1. The van der Waals surface area contributed by atoms with Crippen LogP contribution < -0.4 is 0 Å². The Morgan fingerprint density at radius 3 is 2.46 bits per heavy atom. The van der Waals surface area contributed by atoms with E-state index in [4.69, 9.17) is 4.98 Å². The summed E-state index contributed by atoms with van der Waals surface area (Å²) in [7, 11) is 0. The fraction of sp³-hybridized carbons (Fsp3) is 0.611. The number of aliphatic hydroxyl groups is 1. The second-order valence-electron chi connectivity index (χ2n) is 7.98. The first-order chi connectivity index (χ1) is 11.1. The van der Waals surface area contributed by atoms with Crippen LogP contribution in [0.2, 0.25) is 0 Å². The van der Waals surface area contributed by atoms with Gasteiger partial charge >= 0.3 is 0 Å². The summed E-state index contributed by atoms with van der Waals surface area (Å²) in [5.41, 5.74) is 2.88. The standard InChI is InChI=1S/C18H26N4O2/c1-10(2)14-7-13(17(24)21-8-12(23)9-21)15-11(3)20-22(16(15)19-14)18(4,5)6/h7,10,12,23H,8-9H2,1-6H3. The van der Waals surface area contributed by atoms with Crippen LogP contribution >= 0.6 is 0 Å². The van der Waals surface area contributed by atoms with Crippen LogP contribution in [0, 0.1) is 6.92 Å². The molecular formula is C18H26N4O2. The van der Waals surface area contributed by atoms with Crippen LogP contribution in [0.1, 0.15) is 62.3 Å². The van der Waals surface area contributed by atoms with E-state index in [9.17, 15) is 9.90 Å². The Labute approximate surface area is 142 Å². The lowest BCUT2D eigenvalue weighted by Gasteiger charge is -2.36. The van der Waals surface area contributed by atoms with Crippen molar-refractivity contribution >= 4 is 16.9 Å². The Kier molecular flexibility index (Phi) is 3.91. The van der Waals surface area contributed by atoms with Crippen molar-refractivity contribution in [3.63, 3.8) is 0 Å². The van der Waals surface area contributed by atoms with Crippen molar-refractivity contribution in [2.24, 2.45) is 0 Å². The Hall–Kier alpha value is -1.95. The number of carbonyl (C=O) groups excluding carboxylic acids is 1. The number of β-amino-alcohol motifs (C(OH)–C–C–N with tert-alkyl or cyclic N) is 1. The molecule has 130 valence electrons. The second-order valence-corrected chi connectivity index (χ2v) is 7.98. The lowest BCUT2D eigenvalue weighted by Crippen LogP contribution is -2.53. The highest BCUT2D eigenvalue weighted by atomic mass is 16.3. The van der Waals surface area contributed by atoms with E-state index >= 15 is 0 Å². The number of hydrogen-bond acceptors (Lipinski definition) is 4. The number of amides is 1. The van der Waals surface area contributed by atoms with E-state index < -0.39 is 6.10 Å². The summed E-state index contributed by atoms with van der Waals surface area (Å²) >= 11 is 0. The first-order valence-electron chi connectivity index (χ1n) is 8.47. The van der Waals surface area contributed by atoms with Gasteiger partial charge in [0.25, 0.3) is 5.91 Å². The largest absolute Gasteiger partial charge is 0.389 e. The van der Waals surface area contributed by atoms with Gasteiger partial charge in [0, 0.05) is 18.8 Å². The van der Waals surface area contributed by atoms with E-state index in [1.165, 1.54) is 0 Å². The molecule has 0 aromatic carbocycles. The summed E-state index contributed by atoms with van der Waals surface area (Å²) in [6, 6.07) is 1.89. The molecule has 0 aliphatic carbocycles. The molecule has 1 fully saturated rings. The molecule has 1 amide bonds. The van der Waals surface area contributed by atoms with Gasteiger partial charge in [-0.15, -0.1) is 0 Å². The quantitative estimate of drug-likeness (QED) is 0.918. The summed E-state index contributed by atoms with van der Waals surface area (Å²) < 4.78 is 1.91. The van der Waals surface area contributed by atoms with Crippen molar-refractivity contribution in [1.82, 2.24) is 19.7 Å². The summed E-state index contributed by atoms with van der Waals surface area (Å²) in [6.45, 7) is 13.1. The fourth-order valence-corrected chi connectivity index (χ4v) is 3.03. The molecule has 0 saturated carbocycles. The number of fused-ring (bicyclic) bond motifs is 1. The minimum absolute atomic E-state index is 0.0499. The first-order valence-corrected chi connectivity index (χ1v) is 8.47. The molecule has 0 spiro atoms. The van der Waals surface area contributed by atoms with Crippen LogP contribution in [0.15, 0.2) is 6.07 Å². The molecule has 6 heteroatoms. The normalized spacial score (nSPS) is 16.1. The van der Waals surface area contributed by atoms with E-state index in [0.29, 0.717) is 18.7 Å². The summed E-state index contributed by atoms with van der Waals surface area (Å²) in [5.74, 6) is 0.165. The number of aliphatic hydroxyl groups excluding tert-OH is 1. The van der Waals surface area contributed by atoms with Gasteiger partial charge in [0.05, 0.1) is 28.3 Å². The van der Waals surface area contributed by atoms with E-state index in [0.717, 1.165) is 22.4 Å². The molecular weight excluding hydrogens is 304 g/mol. The molecule has 0 bridgehead atoms. The van der Waals surface area contributed by atoms with Crippen LogP contribution in [0.5, 0.6) is 0 Å². The number of carbonyl (C=O) groups is 1. The maximum absolute atomic E-state index is 12.9. The topological polar surface area (TPSA) is 71.2 Å². The molecule has 2 aromatic heterocycles. The third-order valence-corrected chi connectivity index (χ3v) is 4.44. The van der Waals surface area contributed by atoms with Gasteiger partial charge in [-0.25, -0.2) is 9.67 Å². The molecule has 1 aliphatic rings. The lowest BCUT2D eigenvalue weighted by molar-refractivity contribution is 0.00601. The Bertz CT molecular complexity index is 795. The van der Waals surface area contributed by atoms with Crippen LogP contribution in [-0.4, -0.2) is 49.9 Å². The number of aromatic nitrogens is 3. The van der Waals surface area contributed by atoms with E-state index in [1.807, 2.05) is 17.7 Å². The average Bonchev–Trinajstić information content (AvgIpc) is 2.79. The zero-order valence-electron chi connectivity index (χ0n) is 15.3. The monoisotopic (exact) mass is 330 g/mol. The summed E-state index contributed by atoms with van der Waals surface area (Å²) in [6.07, 6.45) is -0.408. The van der Waals surface area contributed by atoms with Crippen LogP contribution in [0.3, 0.4) is 0 Å². The lowest BCUT2D eigenvalue weighted by atomic mass is 10.0. The SMILES string of the molecule is Cc1nn(C(C)(C)C)c2nc(C(C)C)cc(C(=O)N3CC(O)C3)c12. The highest BCUT2D eigenvalue weighted by Crippen LogP contribution is 2.30. The molecule has 2 aromatic rings. The van der Waals surface area contributed by atoms with Crippen molar-refractivity contribution in [3.8, 4) is 0 Å². The Morgan fingerprint density at radius 1 is 1.33 bits per heavy atom. The van der Waals surface area contributed by atoms with E-state index in [-0.39, 0.29) is 17.4 Å². The number of rotatable bonds is 2. The number of pyridine rings is 1. The van der Waals surface area contributed by atoms with Crippen LogP contribution in [0.4, 0.5) is 0 Å². The number of likely N-dealkylation sites (tertiary alicyclic amines) is 1. The van der Waals surface area contributed by atoms with Gasteiger partial charge in [-0.3, -0.25) is 4.79 Å². The Balaban J connectivity index is 2.23. The molecule has 1 saturated heterocycles. The second kappa shape index (κ2) is 5.55. The predicted octanol–water partition coefficient (Wildman–Crippen LogP) is 2.43. The maximum atomic E-state index is 12.9. The van der Waals surface area contributed by atoms with Crippen molar-refractivity contribution in [2.45, 2.75) is 59.1 Å². The minimum atomic E-state index is -0.408. The molecule has 0 atom stereocenters. The minimum Gasteiger partial charge on any atom is -0.389 e. The van der Waals surface area contributed by atoms with Crippen molar-refractivity contribution in [3.05, 3.63) is 23.0 Å². The fourth-order valence-electron chi connectivity index (χ4n) is 3.03. The zero-order valence-corrected chi connectivity index (χ0v) is 15.3. The number of hydrogen-bond donors (Lipinski definition) is 1. The molecule has 1 aliphatic heterocycles. The van der Waals surface area contributed by atoms with E-state index in [1.54, 1.807) is 4.90 Å². The zero-order chi connectivity index (χ0) is 17.8. The molecule has 24 heavy (non-hydrogen) atoms. The van der Waals surface area contributed by atoms with Crippen molar-refractivity contribution in [2.75, 3.05) is 13.1 Å². The predicted molar refractivity (Wildman–Crippen MR) is 93.3 cm³/mol. The van der Waals surface area contributed by atoms with Gasteiger partial charge in [-0.2, -0.15) is 5.10 Å². The molecule has 1 N–H and O–H groups in total. The van der Waals surface area contributed by atoms with Gasteiger partial charge in [0.1, 0.15) is 0 Å². The van der Waals surface area contributed by atoms with Gasteiger partial charge < -0.3 is 10.0 Å². The molecule has 6 nitrogen and oxygen atoms in total. The van der Waals surface area contributed by atoms with Crippen molar-refractivity contribution in [1.29, 1.82) is 0 Å². The van der Waals surface area contributed by atoms with Crippen LogP contribution in [0.25, 0.3) is 11.0 Å². The van der Waals surface area contributed by atoms with Crippen LogP contribution in [-0.2, 0) is 5.54 Å². The molecule has 3 heterocycles. The van der Waals surface area contributed by atoms with Gasteiger partial charge in [-0.1, -0.05) is 13.8 Å². The van der Waals surface area contributed by atoms with Crippen molar-refractivity contribution < 1.29 is 9.90 Å². The Morgan fingerprint density at radius 2 is 1.96 bits per heavy atom. The average molecular weight is 330 g/mol. The van der Waals surface area contributed by atoms with Gasteiger partial charge in [-0.05, 0) is 39.7 Å². The molecule has 0 unspecified atom stereocenters. The molecule has 3 rings (SSSR count). The third-order valence-electron chi connectivity index (χ3n) is 4.44. The number of nitrogens with zero attached hydrogens (tertiary/aromatic N) is 4. The summed E-state index contributed by atoms with van der Waals surface area (Å²) in [4.78, 5) is 19.4. The maximum Gasteiger partial charge on any atom is 0.254 e. The highest BCUT2D eigenvalue weighted by Gasteiger charge is 2.32. The third kappa shape index (κ3) is 2.69.